The summed E-state index contributed by atoms with van der Waals surface area (Å²) in [6.45, 7) is 5.57. The molecule has 0 aliphatic carbocycles. The number of hydrogen-bond acceptors (Lipinski definition) is 7. The van der Waals surface area contributed by atoms with Gasteiger partial charge >= 0.3 is 0 Å². The molecule has 0 spiro atoms. The highest BCUT2D eigenvalue weighted by Crippen LogP contribution is 2.27. The summed E-state index contributed by atoms with van der Waals surface area (Å²) in [7, 11) is 3.12. The Morgan fingerprint density at radius 1 is 1.06 bits per heavy atom. The van der Waals surface area contributed by atoms with E-state index in [9.17, 15) is 14.0 Å². The standard InChI is InChI=1S/C25H31FN6O4/c1-25(2,3)27-22(33)15-31(13-12-17-6-11-20(35-4)21(14-17)36-5)23(34)16-32-29-24(28-30-32)18-7-9-19(26)10-8-18/h6-11,14H,12-13,15-16H2,1-5H3,(H,27,33). The fraction of sp³-hybridized carbons (Fsp3) is 0.400. The lowest BCUT2D eigenvalue weighted by molar-refractivity contribution is -0.137. The minimum Gasteiger partial charge on any atom is -0.493 e. The van der Waals surface area contributed by atoms with Crippen LogP contribution in [0, 0.1) is 5.82 Å². The molecule has 36 heavy (non-hydrogen) atoms. The lowest BCUT2D eigenvalue weighted by Gasteiger charge is -2.26. The topological polar surface area (TPSA) is 111 Å². The summed E-state index contributed by atoms with van der Waals surface area (Å²) in [4.78, 5) is 28.4. The lowest BCUT2D eigenvalue weighted by atomic mass is 10.1. The first-order chi connectivity index (χ1) is 17.1. The molecule has 1 heterocycles. The van der Waals surface area contributed by atoms with Crippen molar-refractivity contribution in [2.45, 2.75) is 39.3 Å². The molecule has 0 aliphatic heterocycles. The molecule has 0 saturated carbocycles. The van der Waals surface area contributed by atoms with Crippen LogP contribution in [-0.2, 0) is 22.6 Å². The number of tetrazole rings is 1. The number of amides is 2. The van der Waals surface area contributed by atoms with Crippen LogP contribution in [-0.4, -0.2) is 69.8 Å². The van der Waals surface area contributed by atoms with Crippen LogP contribution in [0.1, 0.15) is 26.3 Å². The summed E-state index contributed by atoms with van der Waals surface area (Å²) in [5.41, 5.74) is 1.05. The number of halogens is 1. The van der Waals surface area contributed by atoms with Crippen molar-refractivity contribution >= 4 is 11.8 Å². The van der Waals surface area contributed by atoms with E-state index < -0.39 is 5.54 Å². The summed E-state index contributed by atoms with van der Waals surface area (Å²) in [6.07, 6.45) is 0.487. The molecule has 11 heteroatoms. The van der Waals surface area contributed by atoms with Gasteiger partial charge in [-0.3, -0.25) is 9.59 Å². The number of nitrogens with one attached hydrogen (secondary N) is 1. The summed E-state index contributed by atoms with van der Waals surface area (Å²) in [5, 5.41) is 15.0. The fourth-order valence-corrected chi connectivity index (χ4v) is 3.47. The van der Waals surface area contributed by atoms with Crippen LogP contribution < -0.4 is 14.8 Å². The number of carbonyl (C=O) groups is 2. The zero-order valence-electron chi connectivity index (χ0n) is 21.1. The molecule has 3 rings (SSSR count). The van der Waals surface area contributed by atoms with Gasteiger partial charge in [0, 0.05) is 17.6 Å². The second kappa shape index (κ2) is 11.6. The summed E-state index contributed by atoms with van der Waals surface area (Å²) >= 11 is 0. The van der Waals surface area contributed by atoms with E-state index in [0.29, 0.717) is 23.5 Å². The monoisotopic (exact) mass is 498 g/mol. The van der Waals surface area contributed by atoms with E-state index in [4.69, 9.17) is 9.47 Å². The maximum atomic E-state index is 13.2. The van der Waals surface area contributed by atoms with Crippen molar-refractivity contribution in [3.8, 4) is 22.9 Å². The second-order valence-corrected chi connectivity index (χ2v) is 9.20. The van der Waals surface area contributed by atoms with Gasteiger partial charge in [-0.1, -0.05) is 6.07 Å². The molecule has 192 valence electrons. The SMILES string of the molecule is COc1ccc(CCN(CC(=O)NC(C)(C)C)C(=O)Cn2nnc(-c3ccc(F)cc3)n2)cc1OC. The molecular formula is C25H31FN6O4. The zero-order valence-corrected chi connectivity index (χ0v) is 21.1. The fourth-order valence-electron chi connectivity index (χ4n) is 3.47. The summed E-state index contributed by atoms with van der Waals surface area (Å²) in [6, 6.07) is 11.2. The highest BCUT2D eigenvalue weighted by molar-refractivity contribution is 5.85. The van der Waals surface area contributed by atoms with E-state index in [1.807, 2.05) is 32.9 Å². The van der Waals surface area contributed by atoms with Crippen LogP contribution in [0.25, 0.3) is 11.4 Å². The third-order valence-electron chi connectivity index (χ3n) is 5.15. The van der Waals surface area contributed by atoms with Crippen LogP contribution in [0.15, 0.2) is 42.5 Å². The average molecular weight is 499 g/mol. The van der Waals surface area contributed by atoms with Crippen molar-refractivity contribution in [3.63, 3.8) is 0 Å². The number of rotatable bonds is 10. The molecule has 0 fully saturated rings. The Balaban J connectivity index is 1.73. The van der Waals surface area contributed by atoms with E-state index in [2.05, 4.69) is 20.7 Å². The molecule has 1 N–H and O–H groups in total. The number of ether oxygens (including phenoxy) is 2. The maximum absolute atomic E-state index is 13.2. The van der Waals surface area contributed by atoms with Crippen molar-refractivity contribution in [1.29, 1.82) is 0 Å². The van der Waals surface area contributed by atoms with E-state index in [1.165, 1.54) is 29.2 Å². The van der Waals surface area contributed by atoms with Gasteiger partial charge < -0.3 is 19.7 Å². The van der Waals surface area contributed by atoms with Crippen LogP contribution >= 0.6 is 0 Å². The van der Waals surface area contributed by atoms with Crippen LogP contribution in [0.5, 0.6) is 11.5 Å². The highest BCUT2D eigenvalue weighted by atomic mass is 19.1. The number of aromatic nitrogens is 4. The molecule has 3 aromatic rings. The molecule has 0 aliphatic rings. The van der Waals surface area contributed by atoms with Gasteiger partial charge in [-0.2, -0.15) is 4.80 Å². The lowest BCUT2D eigenvalue weighted by Crippen LogP contribution is -2.48. The smallest absolute Gasteiger partial charge is 0.246 e. The van der Waals surface area contributed by atoms with E-state index in [1.54, 1.807) is 20.3 Å². The van der Waals surface area contributed by atoms with Crippen molar-refractivity contribution in [3.05, 3.63) is 53.8 Å². The van der Waals surface area contributed by atoms with E-state index >= 15 is 0 Å². The van der Waals surface area contributed by atoms with Crippen molar-refractivity contribution in [2.75, 3.05) is 27.3 Å². The largest absolute Gasteiger partial charge is 0.493 e. The highest BCUT2D eigenvalue weighted by Gasteiger charge is 2.22. The van der Waals surface area contributed by atoms with Crippen LogP contribution in [0.4, 0.5) is 4.39 Å². The van der Waals surface area contributed by atoms with Gasteiger partial charge in [-0.15, -0.1) is 10.2 Å². The molecule has 0 atom stereocenters. The van der Waals surface area contributed by atoms with E-state index in [-0.39, 0.29) is 43.1 Å². The number of benzene rings is 2. The first kappa shape index (κ1) is 26.6. The molecule has 10 nitrogen and oxygen atoms in total. The first-order valence-electron chi connectivity index (χ1n) is 11.4. The predicted octanol–water partition coefficient (Wildman–Crippen LogP) is 2.48. The Hall–Kier alpha value is -4.02. The quantitative estimate of drug-likeness (QED) is 0.457. The predicted molar refractivity (Wildman–Crippen MR) is 131 cm³/mol. The van der Waals surface area contributed by atoms with Gasteiger partial charge in [0.15, 0.2) is 11.5 Å². The Labute approximate surface area is 209 Å². The van der Waals surface area contributed by atoms with Gasteiger partial charge in [0.2, 0.25) is 17.6 Å². The van der Waals surface area contributed by atoms with Crippen LogP contribution in [0.2, 0.25) is 0 Å². The van der Waals surface area contributed by atoms with Crippen LogP contribution in [0.3, 0.4) is 0 Å². The molecule has 0 bridgehead atoms. The van der Waals surface area contributed by atoms with Crippen molar-refractivity contribution < 1.29 is 23.5 Å². The normalized spacial score (nSPS) is 11.2. The minimum atomic E-state index is -0.438. The molecular weight excluding hydrogens is 467 g/mol. The van der Waals surface area contributed by atoms with Gasteiger partial charge in [0.25, 0.3) is 0 Å². The summed E-state index contributed by atoms with van der Waals surface area (Å²) < 4.78 is 23.8. The van der Waals surface area contributed by atoms with Gasteiger partial charge in [-0.25, -0.2) is 4.39 Å². The molecule has 1 aromatic heterocycles. The first-order valence-corrected chi connectivity index (χ1v) is 11.4. The number of carbonyl (C=O) groups excluding carboxylic acids is 2. The maximum Gasteiger partial charge on any atom is 0.246 e. The van der Waals surface area contributed by atoms with Crippen molar-refractivity contribution in [2.24, 2.45) is 0 Å². The molecule has 2 amide bonds. The molecule has 0 radical (unpaired) electrons. The Morgan fingerprint density at radius 2 is 1.75 bits per heavy atom. The number of hydrogen-bond donors (Lipinski definition) is 1. The summed E-state index contributed by atoms with van der Waals surface area (Å²) in [5.74, 6) is 0.459. The third kappa shape index (κ3) is 7.49. The Bertz CT molecular complexity index is 1190. The number of methoxy groups -OCH3 is 2. The molecule has 0 saturated heterocycles. The molecule has 2 aromatic carbocycles. The molecule has 0 unspecified atom stereocenters. The van der Waals surface area contributed by atoms with Gasteiger partial charge in [-0.05, 0) is 74.4 Å². The van der Waals surface area contributed by atoms with Gasteiger partial charge in [0.1, 0.15) is 12.4 Å². The minimum absolute atomic E-state index is 0.122. The van der Waals surface area contributed by atoms with Gasteiger partial charge in [0.05, 0.1) is 20.8 Å². The number of nitrogens with zero attached hydrogens (tertiary/aromatic N) is 5. The third-order valence-corrected chi connectivity index (χ3v) is 5.15. The van der Waals surface area contributed by atoms with Crippen molar-refractivity contribution in [1.82, 2.24) is 30.4 Å². The Kier molecular flexibility index (Phi) is 8.57. The zero-order chi connectivity index (χ0) is 26.3. The Morgan fingerprint density at radius 3 is 2.39 bits per heavy atom. The van der Waals surface area contributed by atoms with E-state index in [0.717, 1.165) is 10.4 Å². The average Bonchev–Trinajstić information content (AvgIpc) is 3.29. The second-order valence-electron chi connectivity index (χ2n) is 9.20.